The second-order valence-corrected chi connectivity index (χ2v) is 8.44. The number of hydrogen-bond acceptors (Lipinski definition) is 5. The minimum absolute atomic E-state index is 0.0458. The summed E-state index contributed by atoms with van der Waals surface area (Å²) in [5.74, 6) is 0.978. The third kappa shape index (κ3) is 4.63. The Hall–Kier alpha value is -2.93. The monoisotopic (exact) mass is 439 g/mol. The first kappa shape index (κ1) is 22.3. The van der Waals surface area contributed by atoms with E-state index in [-0.39, 0.29) is 17.8 Å². The van der Waals surface area contributed by atoms with Crippen LogP contribution in [-0.4, -0.2) is 54.9 Å². The van der Waals surface area contributed by atoms with Crippen molar-refractivity contribution in [2.45, 2.75) is 44.7 Å². The van der Waals surface area contributed by atoms with Gasteiger partial charge in [0, 0.05) is 24.1 Å². The highest BCUT2D eigenvalue weighted by Gasteiger charge is 2.35. The van der Waals surface area contributed by atoms with Gasteiger partial charge in [0.25, 0.3) is 5.91 Å². The zero-order valence-corrected chi connectivity index (χ0v) is 18.9. The van der Waals surface area contributed by atoms with E-state index in [1.165, 1.54) is 18.6 Å². The van der Waals surface area contributed by atoms with Gasteiger partial charge in [-0.15, -0.1) is 0 Å². The van der Waals surface area contributed by atoms with E-state index in [9.17, 15) is 9.18 Å². The van der Waals surface area contributed by atoms with Crippen molar-refractivity contribution in [1.29, 1.82) is 0 Å². The first-order valence-corrected chi connectivity index (χ1v) is 11.1. The van der Waals surface area contributed by atoms with Gasteiger partial charge in [-0.3, -0.25) is 9.69 Å². The van der Waals surface area contributed by atoms with E-state index in [0.717, 1.165) is 36.2 Å². The number of hydrazone groups is 1. The van der Waals surface area contributed by atoms with Crippen LogP contribution >= 0.6 is 0 Å². The number of carbonyl (C=O) groups is 1. The van der Waals surface area contributed by atoms with Crippen LogP contribution in [0.1, 0.15) is 49.8 Å². The molecule has 170 valence electrons. The van der Waals surface area contributed by atoms with E-state index in [0.29, 0.717) is 30.5 Å². The lowest BCUT2D eigenvalue weighted by atomic mass is 9.97. The van der Waals surface area contributed by atoms with E-state index >= 15 is 0 Å². The van der Waals surface area contributed by atoms with Crippen LogP contribution in [0.15, 0.2) is 47.6 Å². The Bertz CT molecular complexity index is 992. The molecule has 2 aliphatic heterocycles. The summed E-state index contributed by atoms with van der Waals surface area (Å²) in [6, 6.07) is 12.0. The van der Waals surface area contributed by atoms with Crippen LogP contribution in [0.3, 0.4) is 0 Å². The number of amides is 1. The van der Waals surface area contributed by atoms with E-state index in [1.54, 1.807) is 31.4 Å². The molecule has 2 aliphatic rings. The number of halogens is 1. The van der Waals surface area contributed by atoms with Gasteiger partial charge in [0.2, 0.25) is 0 Å². The van der Waals surface area contributed by atoms with Gasteiger partial charge in [-0.1, -0.05) is 18.6 Å². The highest BCUT2D eigenvalue weighted by Crippen LogP contribution is 2.36. The lowest BCUT2D eigenvalue weighted by molar-refractivity contribution is -0.135. The van der Waals surface area contributed by atoms with Crippen LogP contribution in [0.4, 0.5) is 4.39 Å². The molecule has 32 heavy (non-hydrogen) atoms. The van der Waals surface area contributed by atoms with Gasteiger partial charge in [-0.25, -0.2) is 9.40 Å². The summed E-state index contributed by atoms with van der Waals surface area (Å²) < 4.78 is 24.4. The molecule has 2 aromatic carbocycles. The summed E-state index contributed by atoms with van der Waals surface area (Å²) in [6.45, 7) is 3.42. The molecule has 0 aromatic heterocycles. The Morgan fingerprint density at radius 1 is 1.12 bits per heavy atom. The van der Waals surface area contributed by atoms with Crippen molar-refractivity contribution < 1.29 is 18.7 Å². The van der Waals surface area contributed by atoms with Crippen molar-refractivity contribution in [2.24, 2.45) is 5.10 Å². The normalized spacial score (nSPS) is 21.4. The minimum Gasteiger partial charge on any atom is -0.497 e. The quantitative estimate of drug-likeness (QED) is 0.670. The molecule has 0 bridgehead atoms. The smallest absolute Gasteiger partial charge is 0.257 e. The number of benzene rings is 2. The van der Waals surface area contributed by atoms with Crippen molar-refractivity contribution in [3.63, 3.8) is 0 Å². The average molecular weight is 440 g/mol. The number of likely N-dealkylation sites (tertiary alicyclic amines) is 1. The molecule has 0 saturated carbocycles. The summed E-state index contributed by atoms with van der Waals surface area (Å²) in [4.78, 5) is 15.6. The molecule has 1 amide bonds. The van der Waals surface area contributed by atoms with Gasteiger partial charge in [0.1, 0.15) is 17.3 Å². The van der Waals surface area contributed by atoms with Crippen LogP contribution in [0.25, 0.3) is 0 Å². The Balaban J connectivity index is 1.65. The zero-order chi connectivity index (χ0) is 22.7. The van der Waals surface area contributed by atoms with E-state index in [2.05, 4.69) is 11.8 Å². The standard InChI is InChI=1S/C25H30FN3O3/c1-17-6-4-5-13-28(17)16-25(30)29-23(18-7-9-19(26)10-8-18)15-22(27-29)21-12-11-20(31-2)14-24(21)32-3/h7-12,14,17,23H,4-6,13,15-16H2,1-3H3/t17-,23-/m1/s1. The van der Waals surface area contributed by atoms with Gasteiger partial charge in [0.05, 0.1) is 32.5 Å². The SMILES string of the molecule is COc1ccc(C2=NN(C(=O)CN3CCCC[C@H]3C)[C@@H](c3ccc(F)cc3)C2)c(OC)c1. The lowest BCUT2D eigenvalue weighted by Gasteiger charge is -2.34. The molecule has 0 N–H and O–H groups in total. The molecule has 4 rings (SSSR count). The van der Waals surface area contributed by atoms with Gasteiger partial charge in [-0.2, -0.15) is 5.10 Å². The molecule has 2 heterocycles. The molecule has 0 radical (unpaired) electrons. The molecular formula is C25H30FN3O3. The maximum atomic E-state index is 13.5. The molecule has 0 aliphatic carbocycles. The number of nitrogens with zero attached hydrogens (tertiary/aromatic N) is 3. The number of piperidine rings is 1. The van der Waals surface area contributed by atoms with Gasteiger partial charge < -0.3 is 9.47 Å². The fourth-order valence-corrected chi connectivity index (χ4v) is 4.52. The lowest BCUT2D eigenvalue weighted by Crippen LogP contribution is -2.44. The Labute approximate surface area is 188 Å². The Morgan fingerprint density at radius 2 is 1.91 bits per heavy atom. The van der Waals surface area contributed by atoms with Crippen LogP contribution in [0.5, 0.6) is 11.5 Å². The fraction of sp³-hybridized carbons (Fsp3) is 0.440. The number of ether oxygens (including phenoxy) is 2. The zero-order valence-electron chi connectivity index (χ0n) is 18.9. The van der Waals surface area contributed by atoms with Gasteiger partial charge in [0.15, 0.2) is 0 Å². The van der Waals surface area contributed by atoms with Gasteiger partial charge in [-0.05, 0) is 56.1 Å². The van der Waals surface area contributed by atoms with Crippen LogP contribution < -0.4 is 9.47 Å². The third-order valence-electron chi connectivity index (χ3n) is 6.42. The number of methoxy groups -OCH3 is 2. The summed E-state index contributed by atoms with van der Waals surface area (Å²) in [7, 11) is 3.21. The highest BCUT2D eigenvalue weighted by molar-refractivity contribution is 6.05. The maximum absolute atomic E-state index is 13.5. The van der Waals surface area contributed by atoms with E-state index < -0.39 is 0 Å². The average Bonchev–Trinajstić information content (AvgIpc) is 3.26. The largest absolute Gasteiger partial charge is 0.497 e. The predicted octanol–water partition coefficient (Wildman–Crippen LogP) is 4.40. The Morgan fingerprint density at radius 3 is 2.59 bits per heavy atom. The van der Waals surface area contributed by atoms with E-state index in [1.807, 2.05) is 18.2 Å². The van der Waals surface area contributed by atoms with Crippen molar-refractivity contribution in [3.05, 3.63) is 59.4 Å². The summed E-state index contributed by atoms with van der Waals surface area (Å²) >= 11 is 0. The molecule has 2 atom stereocenters. The van der Waals surface area contributed by atoms with Crippen molar-refractivity contribution in [1.82, 2.24) is 9.91 Å². The number of hydrogen-bond donors (Lipinski definition) is 0. The molecule has 0 unspecified atom stereocenters. The first-order valence-electron chi connectivity index (χ1n) is 11.1. The fourth-order valence-electron chi connectivity index (χ4n) is 4.52. The van der Waals surface area contributed by atoms with Crippen molar-refractivity contribution in [2.75, 3.05) is 27.3 Å². The summed E-state index contributed by atoms with van der Waals surface area (Å²) in [6.07, 6.45) is 3.94. The molecule has 2 aromatic rings. The van der Waals surface area contributed by atoms with Crippen molar-refractivity contribution >= 4 is 11.6 Å². The molecule has 6 nitrogen and oxygen atoms in total. The van der Waals surface area contributed by atoms with Crippen LogP contribution in [0.2, 0.25) is 0 Å². The number of rotatable bonds is 6. The van der Waals surface area contributed by atoms with Gasteiger partial charge >= 0.3 is 0 Å². The number of carbonyl (C=O) groups excluding carboxylic acids is 1. The van der Waals surface area contributed by atoms with Crippen molar-refractivity contribution in [3.8, 4) is 11.5 Å². The first-order chi connectivity index (χ1) is 15.5. The van der Waals surface area contributed by atoms with Crippen LogP contribution in [-0.2, 0) is 4.79 Å². The predicted molar refractivity (Wildman–Crippen MR) is 122 cm³/mol. The third-order valence-corrected chi connectivity index (χ3v) is 6.42. The molecule has 1 saturated heterocycles. The molecular weight excluding hydrogens is 409 g/mol. The second kappa shape index (κ2) is 9.69. The topological polar surface area (TPSA) is 54.4 Å². The van der Waals surface area contributed by atoms with E-state index in [4.69, 9.17) is 14.6 Å². The second-order valence-electron chi connectivity index (χ2n) is 8.44. The molecule has 1 fully saturated rings. The molecule has 7 heteroatoms. The van der Waals surface area contributed by atoms with Crippen LogP contribution in [0, 0.1) is 5.82 Å². The minimum atomic E-state index is -0.301. The summed E-state index contributed by atoms with van der Waals surface area (Å²) in [5, 5.41) is 6.33. The Kier molecular flexibility index (Phi) is 6.74. The highest BCUT2D eigenvalue weighted by atomic mass is 19.1. The molecule has 0 spiro atoms. The maximum Gasteiger partial charge on any atom is 0.257 e. The summed E-state index contributed by atoms with van der Waals surface area (Å²) in [5.41, 5.74) is 2.44.